The average molecular weight is 306 g/mol. The second kappa shape index (κ2) is 6.83. The van der Waals surface area contributed by atoms with Crippen molar-refractivity contribution in [1.82, 2.24) is 4.90 Å². The van der Waals surface area contributed by atoms with Gasteiger partial charge in [-0.1, -0.05) is 6.07 Å². The maximum Gasteiger partial charge on any atom is 0.238 e. The van der Waals surface area contributed by atoms with E-state index in [1.807, 2.05) is 17.3 Å². The lowest BCUT2D eigenvalue weighted by Crippen LogP contribution is -2.29. The fourth-order valence-electron chi connectivity index (χ4n) is 1.98. The molecule has 1 aromatic carbocycles. The number of aryl methyl sites for hydroxylation is 2. The molecule has 0 atom stereocenters. The van der Waals surface area contributed by atoms with E-state index in [1.54, 1.807) is 30.4 Å². The number of thiophene rings is 1. The minimum atomic E-state index is -0.310. The van der Waals surface area contributed by atoms with Gasteiger partial charge in [-0.2, -0.15) is 0 Å². The maximum atomic E-state index is 13.4. The van der Waals surface area contributed by atoms with Crippen molar-refractivity contribution < 1.29 is 9.18 Å². The van der Waals surface area contributed by atoms with Crippen molar-refractivity contribution >= 4 is 22.9 Å². The van der Waals surface area contributed by atoms with E-state index in [4.69, 9.17) is 0 Å². The number of carbonyl (C=O) groups excluding carboxylic acids is 1. The van der Waals surface area contributed by atoms with Crippen molar-refractivity contribution in [3.63, 3.8) is 0 Å². The molecule has 21 heavy (non-hydrogen) atoms. The van der Waals surface area contributed by atoms with E-state index < -0.39 is 0 Å². The number of nitrogens with zero attached hydrogens (tertiary/aromatic N) is 1. The number of likely N-dealkylation sites (N-methyl/N-ethyl adjacent to an activating group) is 1. The molecule has 3 nitrogen and oxygen atoms in total. The summed E-state index contributed by atoms with van der Waals surface area (Å²) in [4.78, 5) is 15.2. The van der Waals surface area contributed by atoms with E-state index in [-0.39, 0.29) is 18.3 Å². The molecule has 0 unspecified atom stereocenters. The standard InChI is InChI=1S/C16H19FN2OS/c1-11-4-5-13(8-14(11)17)18-16(20)10-19(3)9-15-12(2)6-7-21-15/h4-8H,9-10H2,1-3H3,(H,18,20). The minimum Gasteiger partial charge on any atom is -0.325 e. The van der Waals surface area contributed by atoms with Crippen LogP contribution in [0.1, 0.15) is 16.0 Å². The molecule has 112 valence electrons. The topological polar surface area (TPSA) is 32.3 Å². The van der Waals surface area contributed by atoms with Crippen LogP contribution in [0.4, 0.5) is 10.1 Å². The Morgan fingerprint density at radius 2 is 2.05 bits per heavy atom. The van der Waals surface area contributed by atoms with E-state index in [1.165, 1.54) is 16.5 Å². The van der Waals surface area contributed by atoms with E-state index in [2.05, 4.69) is 18.3 Å². The molecule has 0 fully saturated rings. The van der Waals surface area contributed by atoms with Crippen LogP contribution >= 0.6 is 11.3 Å². The van der Waals surface area contributed by atoms with Gasteiger partial charge in [0.2, 0.25) is 5.91 Å². The number of amides is 1. The first-order valence-electron chi connectivity index (χ1n) is 6.73. The third-order valence-corrected chi connectivity index (χ3v) is 4.26. The zero-order valence-corrected chi connectivity index (χ0v) is 13.3. The monoisotopic (exact) mass is 306 g/mol. The number of hydrogen-bond acceptors (Lipinski definition) is 3. The molecule has 0 aliphatic carbocycles. The number of rotatable bonds is 5. The number of carbonyl (C=O) groups is 1. The number of nitrogens with one attached hydrogen (secondary N) is 1. The highest BCUT2D eigenvalue weighted by molar-refractivity contribution is 7.10. The molecular weight excluding hydrogens is 287 g/mol. The average Bonchev–Trinajstić information content (AvgIpc) is 2.79. The van der Waals surface area contributed by atoms with Gasteiger partial charge in [0.25, 0.3) is 0 Å². The van der Waals surface area contributed by atoms with Crippen LogP contribution in [-0.2, 0) is 11.3 Å². The Labute approximate surface area is 128 Å². The summed E-state index contributed by atoms with van der Waals surface area (Å²) in [6, 6.07) is 6.78. The summed E-state index contributed by atoms with van der Waals surface area (Å²) in [7, 11) is 1.90. The van der Waals surface area contributed by atoms with Crippen molar-refractivity contribution in [3.05, 3.63) is 51.5 Å². The normalized spacial score (nSPS) is 10.9. The number of anilines is 1. The predicted octanol–water partition coefficient (Wildman–Crippen LogP) is 3.57. The van der Waals surface area contributed by atoms with E-state index in [0.717, 1.165) is 6.54 Å². The summed E-state index contributed by atoms with van der Waals surface area (Å²) in [5.74, 6) is -0.453. The van der Waals surface area contributed by atoms with Crippen molar-refractivity contribution in [3.8, 4) is 0 Å². The molecule has 0 saturated carbocycles. The van der Waals surface area contributed by atoms with Crippen molar-refractivity contribution in [1.29, 1.82) is 0 Å². The fraction of sp³-hybridized carbons (Fsp3) is 0.312. The molecular formula is C16H19FN2OS. The Morgan fingerprint density at radius 1 is 1.29 bits per heavy atom. The zero-order valence-electron chi connectivity index (χ0n) is 12.4. The maximum absolute atomic E-state index is 13.4. The quantitative estimate of drug-likeness (QED) is 0.916. The molecule has 0 radical (unpaired) electrons. The highest BCUT2D eigenvalue weighted by atomic mass is 32.1. The van der Waals surface area contributed by atoms with Gasteiger partial charge >= 0.3 is 0 Å². The molecule has 0 saturated heterocycles. The smallest absolute Gasteiger partial charge is 0.238 e. The molecule has 1 aromatic heterocycles. The van der Waals surface area contributed by atoms with Crippen LogP contribution in [0.15, 0.2) is 29.6 Å². The Morgan fingerprint density at radius 3 is 2.67 bits per heavy atom. The van der Waals surface area contributed by atoms with Crippen LogP contribution in [0.3, 0.4) is 0 Å². The number of halogens is 1. The first kappa shape index (κ1) is 15.7. The van der Waals surface area contributed by atoms with Crippen LogP contribution < -0.4 is 5.32 Å². The van der Waals surface area contributed by atoms with Crippen LogP contribution in [0, 0.1) is 19.7 Å². The highest BCUT2D eigenvalue weighted by Crippen LogP contribution is 2.17. The summed E-state index contributed by atoms with van der Waals surface area (Å²) in [6.07, 6.45) is 0. The van der Waals surface area contributed by atoms with E-state index in [0.29, 0.717) is 11.3 Å². The predicted molar refractivity (Wildman–Crippen MR) is 85.2 cm³/mol. The van der Waals surface area contributed by atoms with Crippen molar-refractivity contribution in [2.24, 2.45) is 0 Å². The number of benzene rings is 1. The van der Waals surface area contributed by atoms with Gasteiger partial charge in [0.1, 0.15) is 5.82 Å². The van der Waals surface area contributed by atoms with Gasteiger partial charge in [-0.3, -0.25) is 9.69 Å². The summed E-state index contributed by atoms with van der Waals surface area (Å²) in [5.41, 5.74) is 2.30. The lowest BCUT2D eigenvalue weighted by Gasteiger charge is -2.16. The van der Waals surface area contributed by atoms with Gasteiger partial charge in [-0.15, -0.1) is 11.3 Å². The lowest BCUT2D eigenvalue weighted by molar-refractivity contribution is -0.117. The summed E-state index contributed by atoms with van der Waals surface area (Å²) in [5, 5.41) is 4.77. The SMILES string of the molecule is Cc1ccc(NC(=O)CN(C)Cc2sccc2C)cc1F. The first-order valence-corrected chi connectivity index (χ1v) is 7.61. The first-order chi connectivity index (χ1) is 9.95. The van der Waals surface area contributed by atoms with Crippen LogP contribution in [0.25, 0.3) is 0 Å². The van der Waals surface area contributed by atoms with Crippen LogP contribution in [0.5, 0.6) is 0 Å². The molecule has 1 amide bonds. The molecule has 0 bridgehead atoms. The van der Waals surface area contributed by atoms with Crippen molar-refractivity contribution in [2.75, 3.05) is 18.9 Å². The molecule has 2 rings (SSSR count). The van der Waals surface area contributed by atoms with Gasteiger partial charge in [0.05, 0.1) is 6.54 Å². The second-order valence-corrected chi connectivity index (χ2v) is 6.21. The Balaban J connectivity index is 1.89. The third-order valence-electron chi connectivity index (χ3n) is 3.25. The lowest BCUT2D eigenvalue weighted by atomic mass is 10.2. The molecule has 2 aromatic rings. The zero-order chi connectivity index (χ0) is 15.4. The van der Waals surface area contributed by atoms with Gasteiger partial charge in [-0.05, 0) is 55.6 Å². The molecule has 0 aliphatic heterocycles. The molecule has 0 spiro atoms. The Bertz CT molecular complexity index is 639. The fourth-order valence-corrected chi connectivity index (χ4v) is 2.97. The van der Waals surface area contributed by atoms with Gasteiger partial charge in [0.15, 0.2) is 0 Å². The minimum absolute atomic E-state index is 0.144. The largest absolute Gasteiger partial charge is 0.325 e. The Kier molecular flexibility index (Phi) is 5.09. The van der Waals surface area contributed by atoms with E-state index in [9.17, 15) is 9.18 Å². The summed E-state index contributed by atoms with van der Waals surface area (Å²) < 4.78 is 13.4. The molecule has 0 aliphatic rings. The number of hydrogen-bond donors (Lipinski definition) is 1. The van der Waals surface area contributed by atoms with Gasteiger partial charge in [-0.25, -0.2) is 4.39 Å². The van der Waals surface area contributed by atoms with Gasteiger partial charge < -0.3 is 5.32 Å². The summed E-state index contributed by atoms with van der Waals surface area (Å²) >= 11 is 1.69. The van der Waals surface area contributed by atoms with E-state index >= 15 is 0 Å². The third kappa shape index (κ3) is 4.37. The summed E-state index contributed by atoms with van der Waals surface area (Å²) in [6.45, 7) is 4.76. The van der Waals surface area contributed by atoms with Crippen molar-refractivity contribution in [2.45, 2.75) is 20.4 Å². The van der Waals surface area contributed by atoms with Crippen LogP contribution in [-0.4, -0.2) is 24.4 Å². The Hall–Kier alpha value is -1.72. The van der Waals surface area contributed by atoms with Crippen LogP contribution in [0.2, 0.25) is 0 Å². The highest BCUT2D eigenvalue weighted by Gasteiger charge is 2.10. The molecule has 1 heterocycles. The second-order valence-electron chi connectivity index (χ2n) is 5.21. The molecule has 5 heteroatoms. The van der Waals surface area contributed by atoms with Gasteiger partial charge in [0, 0.05) is 17.1 Å². The molecule has 1 N–H and O–H groups in total.